The number of hydrogen-bond acceptors (Lipinski definition) is 6. The molecule has 0 spiro atoms. The first-order valence-electron chi connectivity index (χ1n) is 10.1. The minimum absolute atomic E-state index is 0.0589. The van der Waals surface area contributed by atoms with Gasteiger partial charge in [-0.15, -0.1) is 0 Å². The lowest BCUT2D eigenvalue weighted by Crippen LogP contribution is -2.62. The summed E-state index contributed by atoms with van der Waals surface area (Å²) in [6, 6.07) is 3.49. The van der Waals surface area contributed by atoms with E-state index >= 15 is 0 Å². The van der Waals surface area contributed by atoms with Crippen molar-refractivity contribution in [2.24, 2.45) is 0 Å². The van der Waals surface area contributed by atoms with Crippen molar-refractivity contribution in [1.29, 1.82) is 5.41 Å². The average molecular weight is 502 g/mol. The summed E-state index contributed by atoms with van der Waals surface area (Å²) in [5.74, 6) is -2.57. The molecule has 1 aromatic heterocycles. The highest BCUT2D eigenvalue weighted by Gasteiger charge is 2.46. The van der Waals surface area contributed by atoms with Gasteiger partial charge < -0.3 is 10.6 Å². The van der Waals surface area contributed by atoms with E-state index < -0.39 is 56.6 Å². The van der Waals surface area contributed by atoms with Crippen LogP contribution < -0.4 is 10.6 Å². The molecule has 0 saturated carbocycles. The standard InChI is InChI=1S/C20H22F4N6O3S/c1-3-4-7-19(11-34(32,33)30(2)18(25)29-19)13-8-12(5-6-14(13)21)28-17(31)15-9-27-16(10-26-15)20(22,23)24/h5-6,8-10H,3-4,7,11H2,1-2H3,(H2,25,29)(H,28,31)/t19-/m0/s1. The Morgan fingerprint density at radius 2 is 2.00 bits per heavy atom. The van der Waals surface area contributed by atoms with Gasteiger partial charge in [0.2, 0.25) is 16.0 Å². The van der Waals surface area contributed by atoms with Crippen molar-refractivity contribution in [3.05, 3.63) is 53.4 Å². The Morgan fingerprint density at radius 1 is 1.29 bits per heavy atom. The molecule has 3 N–H and O–H groups in total. The third-order valence-corrected chi connectivity index (χ3v) is 7.27. The smallest absolute Gasteiger partial charge is 0.345 e. The summed E-state index contributed by atoms with van der Waals surface area (Å²) in [7, 11) is -2.71. The summed E-state index contributed by atoms with van der Waals surface area (Å²) in [6.45, 7) is 1.88. The van der Waals surface area contributed by atoms with Crippen molar-refractivity contribution in [3.8, 4) is 0 Å². The Bertz CT molecular complexity index is 1200. The lowest BCUT2D eigenvalue weighted by atomic mass is 9.85. The van der Waals surface area contributed by atoms with E-state index in [1.807, 2.05) is 6.92 Å². The fourth-order valence-electron chi connectivity index (χ4n) is 3.54. The predicted molar refractivity (Wildman–Crippen MR) is 115 cm³/mol. The topological polar surface area (TPSA) is 128 Å². The number of aromatic nitrogens is 2. The highest BCUT2D eigenvalue weighted by atomic mass is 32.2. The number of halogens is 4. The quantitative estimate of drug-likeness (QED) is 0.521. The number of hydrogen-bond donors (Lipinski definition) is 3. The Balaban J connectivity index is 1.95. The molecule has 1 amide bonds. The van der Waals surface area contributed by atoms with Crippen molar-refractivity contribution in [2.75, 3.05) is 18.1 Å². The fourth-order valence-corrected chi connectivity index (χ4v) is 5.05. The van der Waals surface area contributed by atoms with Gasteiger partial charge in [-0.05, 0) is 24.6 Å². The Hall–Kier alpha value is -3.29. The molecule has 0 radical (unpaired) electrons. The highest BCUT2D eigenvalue weighted by molar-refractivity contribution is 7.89. The second kappa shape index (κ2) is 9.16. The van der Waals surface area contributed by atoms with Crippen molar-refractivity contribution in [3.63, 3.8) is 0 Å². The van der Waals surface area contributed by atoms with Crippen LogP contribution in [0.4, 0.5) is 23.2 Å². The Labute approximate surface area is 193 Å². The van der Waals surface area contributed by atoms with Gasteiger partial charge in [-0.2, -0.15) is 13.2 Å². The van der Waals surface area contributed by atoms with Crippen LogP contribution in [-0.2, 0) is 21.7 Å². The number of carbonyl (C=O) groups is 1. The van der Waals surface area contributed by atoms with Crippen LogP contribution in [-0.4, -0.2) is 47.4 Å². The van der Waals surface area contributed by atoms with E-state index in [0.717, 1.165) is 10.4 Å². The monoisotopic (exact) mass is 502 g/mol. The second-order valence-electron chi connectivity index (χ2n) is 7.82. The number of guanidine groups is 1. The van der Waals surface area contributed by atoms with E-state index in [-0.39, 0.29) is 17.7 Å². The van der Waals surface area contributed by atoms with Crippen LogP contribution in [0.3, 0.4) is 0 Å². The molecule has 2 aromatic rings. The predicted octanol–water partition coefficient (Wildman–Crippen LogP) is 3.07. The molecular weight excluding hydrogens is 480 g/mol. The number of rotatable bonds is 6. The molecule has 0 aliphatic carbocycles. The van der Waals surface area contributed by atoms with E-state index in [2.05, 4.69) is 20.6 Å². The van der Waals surface area contributed by atoms with Gasteiger partial charge in [-0.3, -0.25) is 10.2 Å². The molecule has 1 aliphatic heterocycles. The van der Waals surface area contributed by atoms with Gasteiger partial charge in [0.15, 0.2) is 5.69 Å². The summed E-state index contributed by atoms with van der Waals surface area (Å²) >= 11 is 0. The van der Waals surface area contributed by atoms with Gasteiger partial charge in [-0.1, -0.05) is 19.8 Å². The number of nitrogens with one attached hydrogen (secondary N) is 3. The van der Waals surface area contributed by atoms with Crippen molar-refractivity contribution >= 4 is 27.6 Å². The number of anilines is 1. The maximum absolute atomic E-state index is 15.0. The fraction of sp³-hybridized carbons (Fsp3) is 0.400. The molecule has 34 heavy (non-hydrogen) atoms. The number of carbonyl (C=O) groups excluding carboxylic acids is 1. The molecular formula is C20H22F4N6O3S. The van der Waals surface area contributed by atoms with Crippen LogP contribution in [0.15, 0.2) is 30.6 Å². The van der Waals surface area contributed by atoms with Crippen molar-refractivity contribution in [2.45, 2.75) is 37.9 Å². The van der Waals surface area contributed by atoms with Gasteiger partial charge >= 0.3 is 6.18 Å². The van der Waals surface area contributed by atoms with Crippen LogP contribution >= 0.6 is 0 Å². The summed E-state index contributed by atoms with van der Waals surface area (Å²) in [5, 5.41) is 13.3. The van der Waals surface area contributed by atoms with E-state index in [0.29, 0.717) is 25.2 Å². The second-order valence-corrected chi connectivity index (χ2v) is 9.82. The third kappa shape index (κ3) is 5.11. The minimum atomic E-state index is -4.71. The zero-order valence-corrected chi connectivity index (χ0v) is 19.0. The minimum Gasteiger partial charge on any atom is -0.345 e. The maximum atomic E-state index is 15.0. The van der Waals surface area contributed by atoms with Crippen molar-refractivity contribution < 1.29 is 30.8 Å². The zero-order valence-electron chi connectivity index (χ0n) is 18.2. The lowest BCUT2D eigenvalue weighted by Gasteiger charge is -2.43. The Kier molecular flexibility index (Phi) is 6.82. The summed E-state index contributed by atoms with van der Waals surface area (Å²) in [6.07, 6.45) is -2.23. The van der Waals surface area contributed by atoms with E-state index in [9.17, 15) is 30.8 Å². The third-order valence-electron chi connectivity index (χ3n) is 5.39. The van der Waals surface area contributed by atoms with Crippen LogP contribution in [0.2, 0.25) is 0 Å². The van der Waals surface area contributed by atoms with E-state index in [1.165, 1.54) is 19.2 Å². The molecule has 1 fully saturated rings. The number of amides is 1. The number of alkyl halides is 3. The maximum Gasteiger partial charge on any atom is 0.434 e. The molecule has 0 unspecified atom stereocenters. The number of nitrogens with zero attached hydrogens (tertiary/aromatic N) is 3. The van der Waals surface area contributed by atoms with Crippen LogP contribution in [0.5, 0.6) is 0 Å². The summed E-state index contributed by atoms with van der Waals surface area (Å²) in [4.78, 5) is 19.1. The van der Waals surface area contributed by atoms with Crippen molar-refractivity contribution in [1.82, 2.24) is 19.6 Å². The molecule has 3 rings (SSSR count). The number of sulfonamides is 1. The van der Waals surface area contributed by atoms with Crippen LogP contribution in [0.25, 0.3) is 0 Å². The van der Waals surface area contributed by atoms with Gasteiger partial charge in [0.05, 0.1) is 23.7 Å². The number of benzene rings is 1. The highest BCUT2D eigenvalue weighted by Crippen LogP contribution is 2.36. The van der Waals surface area contributed by atoms with E-state index in [4.69, 9.17) is 5.41 Å². The van der Waals surface area contributed by atoms with Gasteiger partial charge in [0.1, 0.15) is 11.5 Å². The SMILES string of the molecule is CCCC[C@@]1(c2cc(NC(=O)c3cnc(C(F)(F)F)cn3)ccc2F)CS(=O)(=O)N(C)C(=N)N1. The first kappa shape index (κ1) is 25.3. The Morgan fingerprint density at radius 3 is 2.56 bits per heavy atom. The van der Waals surface area contributed by atoms with E-state index in [1.54, 1.807) is 0 Å². The molecule has 14 heteroatoms. The zero-order chi connectivity index (χ0) is 25.3. The first-order valence-corrected chi connectivity index (χ1v) is 11.7. The average Bonchev–Trinajstić information content (AvgIpc) is 2.76. The summed E-state index contributed by atoms with van der Waals surface area (Å²) < 4.78 is 79.0. The first-order chi connectivity index (χ1) is 15.8. The van der Waals surface area contributed by atoms with Crippen LogP contribution in [0, 0.1) is 11.2 Å². The molecule has 0 bridgehead atoms. The number of unbranched alkanes of at least 4 members (excludes halogenated alkanes) is 1. The normalized spacial score (nSPS) is 20.1. The van der Waals surface area contributed by atoms with Crippen LogP contribution in [0.1, 0.15) is 47.9 Å². The van der Waals surface area contributed by atoms with Gasteiger partial charge in [0.25, 0.3) is 5.91 Å². The lowest BCUT2D eigenvalue weighted by molar-refractivity contribution is -0.141. The molecule has 1 aromatic carbocycles. The molecule has 9 nitrogen and oxygen atoms in total. The molecule has 1 saturated heterocycles. The molecule has 1 atom stereocenters. The van der Waals surface area contributed by atoms with Gasteiger partial charge in [-0.25, -0.2) is 27.1 Å². The molecule has 1 aliphatic rings. The largest absolute Gasteiger partial charge is 0.434 e. The van der Waals surface area contributed by atoms with Gasteiger partial charge in [0, 0.05) is 18.3 Å². The molecule has 184 valence electrons. The molecule has 2 heterocycles. The summed E-state index contributed by atoms with van der Waals surface area (Å²) in [5.41, 5.74) is -3.14.